The number of carbonyl (C=O) groups excluding carboxylic acids is 3. The van der Waals surface area contributed by atoms with E-state index < -0.39 is 0 Å². The minimum absolute atomic E-state index is 0.0423. The van der Waals surface area contributed by atoms with Gasteiger partial charge in [-0.25, -0.2) is 0 Å². The molecule has 2 unspecified atom stereocenters. The molecule has 0 aromatic heterocycles. The molecule has 1 aliphatic heterocycles. The number of benzene rings is 1. The number of esters is 1. The van der Waals surface area contributed by atoms with Crippen LogP contribution in [0, 0.1) is 18.8 Å². The number of carbonyl (C=O) groups is 3. The zero-order valence-electron chi connectivity index (χ0n) is 15.3. The number of amides is 2. The molecule has 2 rings (SSSR count). The lowest BCUT2D eigenvalue weighted by atomic mass is 10.1. The number of hydrogen-bond donors (Lipinski definition) is 0. The molecule has 0 bridgehead atoms. The lowest BCUT2D eigenvalue weighted by Crippen LogP contribution is -2.41. The van der Waals surface area contributed by atoms with Gasteiger partial charge in [-0.1, -0.05) is 24.6 Å². The van der Waals surface area contributed by atoms with Crippen LogP contribution in [0.3, 0.4) is 0 Å². The summed E-state index contributed by atoms with van der Waals surface area (Å²) in [7, 11) is 1.34. The molecule has 6 nitrogen and oxygen atoms in total. The summed E-state index contributed by atoms with van der Waals surface area (Å²) in [5.74, 6) is -1.23. The van der Waals surface area contributed by atoms with E-state index in [1.54, 1.807) is 16.7 Å². The first-order valence-corrected chi connectivity index (χ1v) is 8.61. The van der Waals surface area contributed by atoms with E-state index in [2.05, 4.69) is 0 Å². The van der Waals surface area contributed by atoms with E-state index in [-0.39, 0.29) is 36.0 Å². The fraction of sp³-hybridized carbons (Fsp3) is 0.526. The van der Waals surface area contributed by atoms with Gasteiger partial charge < -0.3 is 14.5 Å². The number of nitrogens with zero attached hydrogens (tertiary/aromatic N) is 2. The summed E-state index contributed by atoms with van der Waals surface area (Å²) < 4.78 is 4.72. The molecular weight excluding hydrogens is 320 g/mol. The van der Waals surface area contributed by atoms with Crippen molar-refractivity contribution in [3.63, 3.8) is 0 Å². The van der Waals surface area contributed by atoms with Crippen LogP contribution in [0.5, 0.6) is 0 Å². The summed E-state index contributed by atoms with van der Waals surface area (Å²) in [5, 5.41) is 0. The maximum Gasteiger partial charge on any atom is 0.310 e. The van der Waals surface area contributed by atoms with E-state index in [9.17, 15) is 14.4 Å². The van der Waals surface area contributed by atoms with Crippen molar-refractivity contribution in [3.05, 3.63) is 29.8 Å². The second-order valence-electron chi connectivity index (χ2n) is 6.54. The van der Waals surface area contributed by atoms with Crippen molar-refractivity contribution in [2.75, 3.05) is 31.6 Å². The number of ether oxygens (including phenoxy) is 1. The molecule has 0 N–H and O–H groups in total. The number of hydrogen-bond acceptors (Lipinski definition) is 4. The van der Waals surface area contributed by atoms with Crippen LogP contribution in [0.2, 0.25) is 0 Å². The van der Waals surface area contributed by atoms with Gasteiger partial charge in [-0.15, -0.1) is 0 Å². The van der Waals surface area contributed by atoms with Gasteiger partial charge in [0.1, 0.15) is 0 Å². The van der Waals surface area contributed by atoms with Gasteiger partial charge >= 0.3 is 5.97 Å². The van der Waals surface area contributed by atoms with E-state index in [0.717, 1.165) is 11.3 Å². The molecule has 1 fully saturated rings. The number of rotatable bonds is 6. The van der Waals surface area contributed by atoms with Gasteiger partial charge in [-0.2, -0.15) is 0 Å². The van der Waals surface area contributed by atoms with Gasteiger partial charge in [-0.05, 0) is 26.0 Å². The Labute approximate surface area is 148 Å². The monoisotopic (exact) mass is 346 g/mol. The first-order valence-electron chi connectivity index (χ1n) is 8.61. The molecule has 0 saturated carbocycles. The number of aryl methyl sites for hydroxylation is 1. The first-order chi connectivity index (χ1) is 11.9. The van der Waals surface area contributed by atoms with Gasteiger partial charge in [0.25, 0.3) is 0 Å². The highest BCUT2D eigenvalue weighted by Gasteiger charge is 2.37. The molecule has 1 saturated heterocycles. The van der Waals surface area contributed by atoms with Crippen LogP contribution < -0.4 is 4.90 Å². The van der Waals surface area contributed by atoms with Crippen LogP contribution in [-0.4, -0.2) is 49.4 Å². The summed E-state index contributed by atoms with van der Waals surface area (Å²) in [6.45, 7) is 6.77. The quantitative estimate of drug-likeness (QED) is 0.739. The van der Waals surface area contributed by atoms with Crippen LogP contribution in [0.15, 0.2) is 24.3 Å². The molecule has 0 spiro atoms. The normalized spacial score (nSPS) is 18.2. The predicted octanol–water partition coefficient (Wildman–Crippen LogP) is 2.01. The summed E-state index contributed by atoms with van der Waals surface area (Å²) in [4.78, 5) is 40.0. The van der Waals surface area contributed by atoms with Gasteiger partial charge in [0.05, 0.1) is 18.9 Å². The first kappa shape index (κ1) is 19.0. The summed E-state index contributed by atoms with van der Waals surface area (Å²) >= 11 is 0. The van der Waals surface area contributed by atoms with Gasteiger partial charge in [0.15, 0.2) is 0 Å². The molecule has 2 atom stereocenters. The zero-order valence-corrected chi connectivity index (χ0v) is 15.3. The standard InChI is InChI=1S/C19H26N2O4/c1-5-20(11-14(3)19(24)25-4)18(23)15-10-17(22)21(12-15)16-8-6-13(2)7-9-16/h6-9,14-15H,5,10-12H2,1-4H3. The van der Waals surface area contributed by atoms with Crippen molar-refractivity contribution in [2.45, 2.75) is 27.2 Å². The van der Waals surface area contributed by atoms with Crippen LogP contribution in [0.4, 0.5) is 5.69 Å². The van der Waals surface area contributed by atoms with E-state index in [0.29, 0.717) is 19.6 Å². The van der Waals surface area contributed by atoms with E-state index in [1.165, 1.54) is 7.11 Å². The summed E-state index contributed by atoms with van der Waals surface area (Å²) in [6, 6.07) is 7.70. The molecule has 1 aromatic rings. The smallest absolute Gasteiger partial charge is 0.310 e. The van der Waals surface area contributed by atoms with Crippen molar-refractivity contribution in [1.29, 1.82) is 0 Å². The van der Waals surface area contributed by atoms with Gasteiger partial charge in [0, 0.05) is 31.7 Å². The highest BCUT2D eigenvalue weighted by molar-refractivity contribution is 6.00. The highest BCUT2D eigenvalue weighted by Crippen LogP contribution is 2.26. The molecule has 2 amide bonds. The fourth-order valence-electron chi connectivity index (χ4n) is 3.09. The summed E-state index contributed by atoms with van der Waals surface area (Å²) in [6.07, 6.45) is 0.204. The molecule has 0 aliphatic carbocycles. The molecule has 6 heteroatoms. The predicted molar refractivity (Wildman–Crippen MR) is 95.1 cm³/mol. The van der Waals surface area contributed by atoms with E-state index >= 15 is 0 Å². The average molecular weight is 346 g/mol. The Bertz CT molecular complexity index is 641. The Morgan fingerprint density at radius 3 is 2.52 bits per heavy atom. The molecule has 25 heavy (non-hydrogen) atoms. The molecule has 0 radical (unpaired) electrons. The Hall–Kier alpha value is -2.37. The van der Waals surface area contributed by atoms with Gasteiger partial charge in [0.2, 0.25) is 11.8 Å². The molecule has 1 aliphatic rings. The Morgan fingerprint density at radius 1 is 1.32 bits per heavy atom. The molecular formula is C19H26N2O4. The topological polar surface area (TPSA) is 66.9 Å². The van der Waals surface area contributed by atoms with E-state index in [1.807, 2.05) is 38.1 Å². The minimum Gasteiger partial charge on any atom is -0.469 e. The summed E-state index contributed by atoms with van der Waals surface area (Å²) in [5.41, 5.74) is 1.94. The zero-order chi connectivity index (χ0) is 18.6. The third-order valence-electron chi connectivity index (χ3n) is 4.61. The average Bonchev–Trinajstić information content (AvgIpc) is 3.00. The van der Waals surface area contributed by atoms with Crippen LogP contribution >= 0.6 is 0 Å². The largest absolute Gasteiger partial charge is 0.469 e. The maximum absolute atomic E-state index is 12.8. The van der Waals surface area contributed by atoms with Crippen LogP contribution in [0.1, 0.15) is 25.8 Å². The third-order valence-corrected chi connectivity index (χ3v) is 4.61. The van der Waals surface area contributed by atoms with Crippen molar-refractivity contribution in [2.24, 2.45) is 11.8 Å². The number of anilines is 1. The lowest BCUT2D eigenvalue weighted by molar-refractivity contribution is -0.147. The highest BCUT2D eigenvalue weighted by atomic mass is 16.5. The Morgan fingerprint density at radius 2 is 1.96 bits per heavy atom. The van der Waals surface area contributed by atoms with Crippen molar-refractivity contribution in [3.8, 4) is 0 Å². The minimum atomic E-state index is -0.390. The second-order valence-corrected chi connectivity index (χ2v) is 6.54. The number of methoxy groups -OCH3 is 1. The second kappa shape index (κ2) is 8.14. The fourth-order valence-corrected chi connectivity index (χ4v) is 3.09. The maximum atomic E-state index is 12.8. The van der Waals surface area contributed by atoms with Gasteiger partial charge in [-0.3, -0.25) is 14.4 Å². The van der Waals surface area contributed by atoms with Crippen LogP contribution in [-0.2, 0) is 19.1 Å². The SMILES string of the molecule is CCN(CC(C)C(=O)OC)C(=O)C1CC(=O)N(c2ccc(C)cc2)C1. The Balaban J connectivity index is 2.05. The van der Waals surface area contributed by atoms with Crippen molar-refractivity contribution < 1.29 is 19.1 Å². The van der Waals surface area contributed by atoms with Crippen LogP contribution in [0.25, 0.3) is 0 Å². The van der Waals surface area contributed by atoms with Crippen molar-refractivity contribution >= 4 is 23.5 Å². The molecule has 1 aromatic carbocycles. The van der Waals surface area contributed by atoms with Crippen molar-refractivity contribution in [1.82, 2.24) is 4.90 Å². The molecule has 1 heterocycles. The third kappa shape index (κ3) is 4.38. The lowest BCUT2D eigenvalue weighted by Gasteiger charge is -2.26. The van der Waals surface area contributed by atoms with E-state index in [4.69, 9.17) is 4.74 Å². The molecule has 136 valence electrons. The Kier molecular flexibility index (Phi) is 6.17.